The van der Waals surface area contributed by atoms with Crippen molar-refractivity contribution < 1.29 is 0 Å². The molecule has 0 radical (unpaired) electrons. The monoisotopic (exact) mass is 276 g/mol. The molecule has 4 nitrogen and oxygen atoms in total. The summed E-state index contributed by atoms with van der Waals surface area (Å²) in [6.45, 7) is 3.01. The third-order valence-electron chi connectivity index (χ3n) is 3.86. The average molecular weight is 276 g/mol. The topological polar surface area (TPSA) is 42.7 Å². The standard InChI is InChI=1S/C17H16N4/c1-3-18-11-8-9-15-12(10-11)16-17(21(15)2)20-14-7-5-4-6-13(14)19-16/h4-10,18H,3H2,1-2H3. The van der Waals surface area contributed by atoms with Crippen molar-refractivity contribution in [1.29, 1.82) is 0 Å². The molecule has 0 aliphatic heterocycles. The number of hydrogen-bond donors (Lipinski definition) is 1. The van der Waals surface area contributed by atoms with E-state index in [2.05, 4.69) is 35.0 Å². The van der Waals surface area contributed by atoms with Crippen molar-refractivity contribution >= 4 is 38.8 Å². The van der Waals surface area contributed by atoms with Gasteiger partial charge in [0.15, 0.2) is 5.65 Å². The van der Waals surface area contributed by atoms with E-state index in [0.717, 1.165) is 45.3 Å². The maximum atomic E-state index is 4.82. The SMILES string of the molecule is CCNc1ccc2c(c1)c1nc3ccccc3nc1n2C. The molecule has 0 aliphatic carbocycles. The first kappa shape index (κ1) is 12.1. The van der Waals surface area contributed by atoms with Crippen molar-refractivity contribution in [1.82, 2.24) is 14.5 Å². The summed E-state index contributed by atoms with van der Waals surface area (Å²) in [4.78, 5) is 9.59. The molecular formula is C17H16N4. The lowest BCUT2D eigenvalue weighted by atomic mass is 10.2. The van der Waals surface area contributed by atoms with Crippen molar-refractivity contribution in [2.75, 3.05) is 11.9 Å². The van der Waals surface area contributed by atoms with E-state index >= 15 is 0 Å². The largest absolute Gasteiger partial charge is 0.385 e. The molecule has 1 N–H and O–H groups in total. The van der Waals surface area contributed by atoms with Gasteiger partial charge >= 0.3 is 0 Å². The Bertz CT molecular complexity index is 969. The molecule has 0 bridgehead atoms. The third kappa shape index (κ3) is 1.76. The highest BCUT2D eigenvalue weighted by molar-refractivity contribution is 6.07. The zero-order valence-electron chi connectivity index (χ0n) is 12.1. The first-order chi connectivity index (χ1) is 10.3. The van der Waals surface area contributed by atoms with Crippen molar-refractivity contribution in [3.8, 4) is 0 Å². The number of anilines is 1. The second-order valence-electron chi connectivity index (χ2n) is 5.21. The highest BCUT2D eigenvalue weighted by Crippen LogP contribution is 2.29. The number of rotatable bonds is 2. The zero-order valence-corrected chi connectivity index (χ0v) is 12.1. The van der Waals surface area contributed by atoms with Crippen LogP contribution >= 0.6 is 0 Å². The Morgan fingerprint density at radius 2 is 1.81 bits per heavy atom. The van der Waals surface area contributed by atoms with E-state index in [4.69, 9.17) is 9.97 Å². The van der Waals surface area contributed by atoms with E-state index < -0.39 is 0 Å². The smallest absolute Gasteiger partial charge is 0.160 e. The van der Waals surface area contributed by atoms with Crippen LogP contribution in [0.4, 0.5) is 5.69 Å². The summed E-state index contributed by atoms with van der Waals surface area (Å²) in [5.74, 6) is 0. The first-order valence-electron chi connectivity index (χ1n) is 7.16. The van der Waals surface area contributed by atoms with Crippen LogP contribution in [0.2, 0.25) is 0 Å². The van der Waals surface area contributed by atoms with Crippen LogP contribution in [0.15, 0.2) is 42.5 Å². The number of hydrogen-bond acceptors (Lipinski definition) is 3. The minimum atomic E-state index is 0.908. The van der Waals surface area contributed by atoms with Crippen molar-refractivity contribution in [2.24, 2.45) is 7.05 Å². The molecule has 4 heteroatoms. The van der Waals surface area contributed by atoms with Gasteiger partial charge in [-0.15, -0.1) is 0 Å². The van der Waals surface area contributed by atoms with Gasteiger partial charge in [0.1, 0.15) is 5.52 Å². The molecule has 4 rings (SSSR count). The normalized spacial score (nSPS) is 11.5. The Kier molecular flexibility index (Phi) is 2.57. The van der Waals surface area contributed by atoms with Gasteiger partial charge in [-0.1, -0.05) is 12.1 Å². The quantitative estimate of drug-likeness (QED) is 0.607. The number of benzene rings is 2. The number of aryl methyl sites for hydroxylation is 1. The van der Waals surface area contributed by atoms with Crippen LogP contribution < -0.4 is 5.32 Å². The van der Waals surface area contributed by atoms with E-state index in [0.29, 0.717) is 0 Å². The number of fused-ring (bicyclic) bond motifs is 4. The summed E-state index contributed by atoms with van der Waals surface area (Å²) in [7, 11) is 2.04. The van der Waals surface area contributed by atoms with E-state index in [-0.39, 0.29) is 0 Å². The molecule has 4 aromatic rings. The Morgan fingerprint density at radius 3 is 2.57 bits per heavy atom. The van der Waals surface area contributed by atoms with E-state index in [9.17, 15) is 0 Å². The molecule has 0 amide bonds. The molecule has 0 spiro atoms. The lowest BCUT2D eigenvalue weighted by Crippen LogP contribution is -1.95. The molecule has 2 aromatic heterocycles. The second-order valence-corrected chi connectivity index (χ2v) is 5.21. The minimum Gasteiger partial charge on any atom is -0.385 e. The van der Waals surface area contributed by atoms with Gasteiger partial charge in [-0.3, -0.25) is 0 Å². The predicted octanol–water partition coefficient (Wildman–Crippen LogP) is 3.71. The Hall–Kier alpha value is -2.62. The van der Waals surface area contributed by atoms with Crippen LogP contribution in [-0.2, 0) is 7.05 Å². The Balaban J connectivity index is 2.13. The van der Waals surface area contributed by atoms with Crippen LogP contribution in [0, 0.1) is 0 Å². The Morgan fingerprint density at radius 1 is 1.05 bits per heavy atom. The van der Waals surface area contributed by atoms with Crippen LogP contribution in [0.1, 0.15) is 6.92 Å². The highest BCUT2D eigenvalue weighted by Gasteiger charge is 2.12. The molecule has 21 heavy (non-hydrogen) atoms. The summed E-state index contributed by atoms with van der Waals surface area (Å²) >= 11 is 0. The maximum absolute atomic E-state index is 4.82. The van der Waals surface area contributed by atoms with E-state index in [1.807, 2.05) is 31.3 Å². The van der Waals surface area contributed by atoms with Gasteiger partial charge in [0, 0.05) is 24.7 Å². The third-order valence-corrected chi connectivity index (χ3v) is 3.86. The molecule has 2 heterocycles. The number of nitrogens with one attached hydrogen (secondary N) is 1. The molecule has 0 unspecified atom stereocenters. The molecule has 0 atom stereocenters. The van der Waals surface area contributed by atoms with Gasteiger partial charge in [-0.25, -0.2) is 9.97 Å². The molecule has 2 aromatic carbocycles. The zero-order chi connectivity index (χ0) is 14.4. The lowest BCUT2D eigenvalue weighted by Gasteiger charge is -2.03. The number of para-hydroxylation sites is 2. The van der Waals surface area contributed by atoms with Crippen molar-refractivity contribution in [3.63, 3.8) is 0 Å². The van der Waals surface area contributed by atoms with Gasteiger partial charge in [0.05, 0.1) is 16.6 Å². The summed E-state index contributed by atoms with van der Waals surface area (Å²) < 4.78 is 2.11. The molecular weight excluding hydrogens is 260 g/mol. The number of nitrogens with zero attached hydrogens (tertiary/aromatic N) is 3. The summed E-state index contributed by atoms with van der Waals surface area (Å²) in [5.41, 5.74) is 6.03. The fraction of sp³-hybridized carbons (Fsp3) is 0.176. The van der Waals surface area contributed by atoms with Crippen LogP contribution in [-0.4, -0.2) is 21.1 Å². The Labute approximate surface area is 122 Å². The average Bonchev–Trinajstić information content (AvgIpc) is 2.78. The van der Waals surface area contributed by atoms with Crippen molar-refractivity contribution in [2.45, 2.75) is 6.92 Å². The fourth-order valence-corrected chi connectivity index (χ4v) is 2.85. The predicted molar refractivity (Wildman–Crippen MR) is 87.7 cm³/mol. The second kappa shape index (κ2) is 4.45. The maximum Gasteiger partial charge on any atom is 0.160 e. The van der Waals surface area contributed by atoms with Crippen LogP contribution in [0.25, 0.3) is 33.1 Å². The van der Waals surface area contributed by atoms with Gasteiger partial charge in [-0.05, 0) is 37.3 Å². The molecule has 0 fully saturated rings. The van der Waals surface area contributed by atoms with Gasteiger partial charge in [0.25, 0.3) is 0 Å². The van der Waals surface area contributed by atoms with E-state index in [1.165, 1.54) is 0 Å². The van der Waals surface area contributed by atoms with Crippen LogP contribution in [0.5, 0.6) is 0 Å². The number of aromatic nitrogens is 3. The van der Waals surface area contributed by atoms with Crippen molar-refractivity contribution in [3.05, 3.63) is 42.5 Å². The van der Waals surface area contributed by atoms with E-state index in [1.54, 1.807) is 0 Å². The first-order valence-corrected chi connectivity index (χ1v) is 7.16. The van der Waals surface area contributed by atoms with Gasteiger partial charge in [0.2, 0.25) is 0 Å². The summed E-state index contributed by atoms with van der Waals surface area (Å²) in [6.07, 6.45) is 0. The fourth-order valence-electron chi connectivity index (χ4n) is 2.85. The lowest BCUT2D eigenvalue weighted by molar-refractivity contribution is 0.992. The van der Waals surface area contributed by atoms with Crippen LogP contribution in [0.3, 0.4) is 0 Å². The molecule has 104 valence electrons. The summed E-state index contributed by atoms with van der Waals surface area (Å²) in [5, 5.41) is 4.50. The minimum absolute atomic E-state index is 0.908. The molecule has 0 saturated heterocycles. The molecule has 0 aliphatic rings. The summed E-state index contributed by atoms with van der Waals surface area (Å²) in [6, 6.07) is 14.4. The highest BCUT2D eigenvalue weighted by atomic mass is 15.0. The van der Waals surface area contributed by atoms with Gasteiger partial charge in [-0.2, -0.15) is 0 Å². The molecule has 0 saturated carbocycles. The van der Waals surface area contributed by atoms with Gasteiger partial charge < -0.3 is 9.88 Å².